The molecule has 1 heterocycles. The van der Waals surface area contributed by atoms with Gasteiger partial charge in [-0.05, 0) is 46.5 Å². The lowest BCUT2D eigenvalue weighted by Crippen LogP contribution is -2.53. The van der Waals surface area contributed by atoms with Crippen LogP contribution in [0.2, 0.25) is 0 Å². The van der Waals surface area contributed by atoms with Gasteiger partial charge in [0.2, 0.25) is 10.0 Å². The lowest BCUT2D eigenvalue weighted by molar-refractivity contribution is 0.0975. The molecule has 0 radical (unpaired) electrons. The molecule has 1 saturated heterocycles. The minimum absolute atomic E-state index is 0.429. The SMILES string of the molecule is C=C1CCN(CC(O)C2(S(=O)(=O)NC(C)(C)C)CC2)CC1. The Bertz CT molecular complexity index is 494. The van der Waals surface area contributed by atoms with E-state index >= 15 is 0 Å². The molecular weight excluding hydrogens is 288 g/mol. The Morgan fingerprint density at radius 1 is 1.33 bits per heavy atom. The second-order valence-corrected chi connectivity index (χ2v) is 9.51. The summed E-state index contributed by atoms with van der Waals surface area (Å²) in [5, 5.41) is 10.5. The maximum atomic E-state index is 12.6. The van der Waals surface area contributed by atoms with E-state index in [0.717, 1.165) is 25.9 Å². The lowest BCUT2D eigenvalue weighted by Gasteiger charge is -2.33. The van der Waals surface area contributed by atoms with Gasteiger partial charge in [0.1, 0.15) is 4.75 Å². The summed E-state index contributed by atoms with van der Waals surface area (Å²) in [7, 11) is -3.51. The summed E-state index contributed by atoms with van der Waals surface area (Å²) in [6.45, 7) is 11.6. The van der Waals surface area contributed by atoms with Crippen LogP contribution in [0.1, 0.15) is 46.5 Å². The largest absolute Gasteiger partial charge is 0.390 e. The molecule has 0 aromatic rings. The molecule has 2 aliphatic rings. The third-order valence-corrected chi connectivity index (χ3v) is 6.95. The topological polar surface area (TPSA) is 69.6 Å². The first kappa shape index (κ1) is 16.9. The van der Waals surface area contributed by atoms with Crippen LogP contribution in [-0.4, -0.2) is 54.4 Å². The van der Waals surface area contributed by atoms with E-state index in [4.69, 9.17) is 0 Å². The van der Waals surface area contributed by atoms with Crippen molar-refractivity contribution in [3.05, 3.63) is 12.2 Å². The van der Waals surface area contributed by atoms with Gasteiger partial charge in [0.25, 0.3) is 0 Å². The molecule has 21 heavy (non-hydrogen) atoms. The maximum absolute atomic E-state index is 12.6. The summed E-state index contributed by atoms with van der Waals surface area (Å²) in [5.74, 6) is 0. The Morgan fingerprint density at radius 3 is 2.29 bits per heavy atom. The fourth-order valence-corrected chi connectivity index (χ4v) is 4.95. The van der Waals surface area contributed by atoms with Crippen molar-refractivity contribution in [1.29, 1.82) is 0 Å². The van der Waals surface area contributed by atoms with Crippen molar-refractivity contribution in [2.75, 3.05) is 19.6 Å². The molecule has 0 aromatic carbocycles. The zero-order chi connectivity index (χ0) is 15.9. The minimum Gasteiger partial charge on any atom is -0.390 e. The van der Waals surface area contributed by atoms with Crippen LogP contribution in [0.3, 0.4) is 0 Å². The van der Waals surface area contributed by atoms with Gasteiger partial charge in [-0.2, -0.15) is 0 Å². The van der Waals surface area contributed by atoms with E-state index in [9.17, 15) is 13.5 Å². The van der Waals surface area contributed by atoms with Crippen molar-refractivity contribution in [3.8, 4) is 0 Å². The predicted octanol–water partition coefficient (Wildman–Crippen LogP) is 1.25. The first-order chi connectivity index (χ1) is 9.56. The Kier molecular flexibility index (Phi) is 4.55. The zero-order valence-electron chi connectivity index (χ0n) is 13.4. The van der Waals surface area contributed by atoms with Crippen molar-refractivity contribution in [2.45, 2.75) is 62.8 Å². The molecule has 0 aromatic heterocycles. The number of nitrogens with zero attached hydrogens (tertiary/aromatic N) is 1. The third-order valence-electron chi connectivity index (χ3n) is 4.32. The number of β-amino-alcohol motifs (C(OH)–C–C–N with tert-alkyl or cyclic N) is 1. The molecule has 1 saturated carbocycles. The van der Waals surface area contributed by atoms with Crippen LogP contribution in [0.5, 0.6) is 0 Å². The van der Waals surface area contributed by atoms with E-state index in [1.807, 2.05) is 20.8 Å². The summed E-state index contributed by atoms with van der Waals surface area (Å²) in [4.78, 5) is 2.14. The van der Waals surface area contributed by atoms with E-state index in [1.165, 1.54) is 5.57 Å². The molecule has 1 atom stereocenters. The van der Waals surface area contributed by atoms with Crippen LogP contribution >= 0.6 is 0 Å². The van der Waals surface area contributed by atoms with E-state index in [0.29, 0.717) is 19.4 Å². The first-order valence-corrected chi connectivity index (χ1v) is 9.15. The number of nitrogens with one attached hydrogen (secondary N) is 1. The zero-order valence-corrected chi connectivity index (χ0v) is 14.2. The Morgan fingerprint density at radius 2 is 1.86 bits per heavy atom. The van der Waals surface area contributed by atoms with Crippen LogP contribution in [0.4, 0.5) is 0 Å². The summed E-state index contributed by atoms with van der Waals surface area (Å²) < 4.78 is 26.8. The van der Waals surface area contributed by atoms with Gasteiger partial charge in [0.15, 0.2) is 0 Å². The quantitative estimate of drug-likeness (QED) is 0.749. The molecule has 122 valence electrons. The van der Waals surface area contributed by atoms with E-state index < -0.39 is 26.4 Å². The normalized spacial score (nSPS) is 24.9. The molecule has 0 bridgehead atoms. The van der Waals surface area contributed by atoms with Gasteiger partial charge in [0.05, 0.1) is 6.10 Å². The molecule has 6 heteroatoms. The molecule has 2 rings (SSSR count). The average molecular weight is 316 g/mol. The van der Waals surface area contributed by atoms with Gasteiger partial charge in [-0.3, -0.25) is 0 Å². The molecule has 1 unspecified atom stereocenters. The van der Waals surface area contributed by atoms with Crippen molar-refractivity contribution in [2.24, 2.45) is 0 Å². The molecule has 1 aliphatic carbocycles. The molecule has 0 amide bonds. The number of aliphatic hydroxyl groups is 1. The molecule has 2 N–H and O–H groups in total. The first-order valence-electron chi connectivity index (χ1n) is 7.66. The number of likely N-dealkylation sites (tertiary alicyclic amines) is 1. The summed E-state index contributed by atoms with van der Waals surface area (Å²) in [5.41, 5.74) is 0.723. The van der Waals surface area contributed by atoms with Crippen molar-refractivity contribution in [1.82, 2.24) is 9.62 Å². The molecule has 0 spiro atoms. The number of piperidine rings is 1. The number of rotatable bonds is 5. The average Bonchev–Trinajstić information content (AvgIpc) is 3.10. The van der Waals surface area contributed by atoms with E-state index in [-0.39, 0.29) is 0 Å². The van der Waals surface area contributed by atoms with Crippen molar-refractivity contribution >= 4 is 10.0 Å². The summed E-state index contributed by atoms with van der Waals surface area (Å²) >= 11 is 0. The number of hydrogen-bond donors (Lipinski definition) is 2. The van der Waals surface area contributed by atoms with Gasteiger partial charge in [-0.15, -0.1) is 0 Å². The van der Waals surface area contributed by atoms with Gasteiger partial charge in [0, 0.05) is 25.2 Å². The summed E-state index contributed by atoms with van der Waals surface area (Å²) in [6, 6.07) is 0. The highest BCUT2D eigenvalue weighted by atomic mass is 32.2. The van der Waals surface area contributed by atoms with Gasteiger partial charge >= 0.3 is 0 Å². The number of hydrogen-bond acceptors (Lipinski definition) is 4. The monoisotopic (exact) mass is 316 g/mol. The Hall–Kier alpha value is -0.430. The highest BCUT2D eigenvalue weighted by molar-refractivity contribution is 7.91. The molecule has 2 fully saturated rings. The van der Waals surface area contributed by atoms with Crippen LogP contribution in [0.25, 0.3) is 0 Å². The molecular formula is C15H28N2O3S. The second-order valence-electron chi connectivity index (χ2n) is 7.49. The highest BCUT2D eigenvalue weighted by Crippen LogP contribution is 2.46. The maximum Gasteiger partial charge on any atom is 0.220 e. The lowest BCUT2D eigenvalue weighted by atomic mass is 10.1. The highest BCUT2D eigenvalue weighted by Gasteiger charge is 2.60. The van der Waals surface area contributed by atoms with Gasteiger partial charge < -0.3 is 10.0 Å². The fraction of sp³-hybridized carbons (Fsp3) is 0.867. The van der Waals surface area contributed by atoms with Crippen LogP contribution in [0.15, 0.2) is 12.2 Å². The van der Waals surface area contributed by atoms with Gasteiger partial charge in [-0.25, -0.2) is 13.1 Å². The van der Waals surface area contributed by atoms with Crippen LogP contribution < -0.4 is 4.72 Å². The minimum atomic E-state index is -3.51. The molecule has 1 aliphatic heterocycles. The Labute approximate surface area is 128 Å². The predicted molar refractivity (Wildman–Crippen MR) is 84.6 cm³/mol. The van der Waals surface area contributed by atoms with E-state index in [2.05, 4.69) is 16.2 Å². The van der Waals surface area contributed by atoms with E-state index in [1.54, 1.807) is 0 Å². The van der Waals surface area contributed by atoms with Crippen LogP contribution in [0, 0.1) is 0 Å². The third kappa shape index (κ3) is 3.86. The van der Waals surface area contributed by atoms with Crippen molar-refractivity contribution in [3.63, 3.8) is 0 Å². The molecule has 5 nitrogen and oxygen atoms in total. The Balaban J connectivity index is 2.01. The van der Waals surface area contributed by atoms with Gasteiger partial charge in [-0.1, -0.05) is 12.2 Å². The van der Waals surface area contributed by atoms with Crippen molar-refractivity contribution < 1.29 is 13.5 Å². The van der Waals surface area contributed by atoms with Crippen LogP contribution in [-0.2, 0) is 10.0 Å². The summed E-state index contributed by atoms with van der Waals surface area (Å²) in [6.07, 6.45) is 2.13. The number of aliphatic hydroxyl groups excluding tert-OH is 1. The standard InChI is InChI=1S/C15H28N2O3S/c1-12-5-9-17(10-6-12)11-13(18)15(7-8-15)21(19,20)16-14(2,3)4/h13,16,18H,1,5-11H2,2-4H3. The second kappa shape index (κ2) is 5.65. The number of sulfonamides is 1. The fourth-order valence-electron chi connectivity index (χ4n) is 2.87. The smallest absolute Gasteiger partial charge is 0.220 e.